The lowest BCUT2D eigenvalue weighted by Gasteiger charge is -2.05. The van der Waals surface area contributed by atoms with Gasteiger partial charge in [0.05, 0.1) is 11.8 Å². The lowest BCUT2D eigenvalue weighted by molar-refractivity contribution is 0.478. The van der Waals surface area contributed by atoms with Gasteiger partial charge in [-0.15, -0.1) is 0 Å². The minimum absolute atomic E-state index is 0.124. The minimum atomic E-state index is -0.343. The molecular weight excluding hydrogens is 243 g/mol. The Hall–Kier alpha value is -2.12. The topological polar surface area (TPSA) is 45.9 Å². The standard InChI is InChI=1S/C12H6ClFN2O/c13-12-8(6-15)5-11(7-16-12)17-10-3-1-9(14)2-4-10/h1-5,7H. The Balaban J connectivity index is 2.25. The maximum Gasteiger partial charge on any atom is 0.147 e. The number of hydrogen-bond acceptors (Lipinski definition) is 3. The third-order valence-corrected chi connectivity index (χ3v) is 2.28. The fourth-order valence-electron chi connectivity index (χ4n) is 1.20. The van der Waals surface area contributed by atoms with E-state index in [0.717, 1.165) is 0 Å². The van der Waals surface area contributed by atoms with E-state index in [9.17, 15) is 4.39 Å². The second-order valence-corrected chi connectivity index (χ2v) is 3.54. The molecule has 0 saturated carbocycles. The first-order chi connectivity index (χ1) is 8.19. The average Bonchev–Trinajstić information content (AvgIpc) is 2.34. The summed E-state index contributed by atoms with van der Waals surface area (Å²) in [6.07, 6.45) is 1.40. The molecule has 0 radical (unpaired) electrons. The van der Waals surface area contributed by atoms with Gasteiger partial charge in [-0.05, 0) is 24.3 Å². The van der Waals surface area contributed by atoms with E-state index in [0.29, 0.717) is 11.5 Å². The smallest absolute Gasteiger partial charge is 0.147 e. The number of ether oxygens (including phenoxy) is 1. The van der Waals surface area contributed by atoms with Gasteiger partial charge >= 0.3 is 0 Å². The van der Waals surface area contributed by atoms with Crippen LogP contribution in [-0.2, 0) is 0 Å². The summed E-state index contributed by atoms with van der Waals surface area (Å²) in [6, 6.07) is 8.89. The van der Waals surface area contributed by atoms with Crippen molar-refractivity contribution in [3.05, 3.63) is 53.1 Å². The van der Waals surface area contributed by atoms with Gasteiger partial charge in [-0.2, -0.15) is 5.26 Å². The molecule has 5 heteroatoms. The molecule has 84 valence electrons. The highest BCUT2D eigenvalue weighted by Crippen LogP contribution is 2.24. The van der Waals surface area contributed by atoms with Crippen LogP contribution >= 0.6 is 11.6 Å². The summed E-state index contributed by atoms with van der Waals surface area (Å²) in [6.45, 7) is 0. The molecule has 0 unspecified atom stereocenters. The van der Waals surface area contributed by atoms with Gasteiger partial charge in [0, 0.05) is 6.07 Å². The summed E-state index contributed by atoms with van der Waals surface area (Å²) < 4.78 is 18.1. The van der Waals surface area contributed by atoms with E-state index in [1.54, 1.807) is 0 Å². The SMILES string of the molecule is N#Cc1cc(Oc2ccc(F)cc2)cnc1Cl. The predicted octanol–water partition coefficient (Wildman–Crippen LogP) is 3.54. The number of pyridine rings is 1. The molecule has 0 aliphatic rings. The van der Waals surface area contributed by atoms with Crippen molar-refractivity contribution in [2.75, 3.05) is 0 Å². The van der Waals surface area contributed by atoms with Gasteiger partial charge in [-0.1, -0.05) is 11.6 Å². The number of aromatic nitrogens is 1. The fraction of sp³-hybridized carbons (Fsp3) is 0. The first kappa shape index (κ1) is 11.4. The van der Waals surface area contributed by atoms with Gasteiger partial charge < -0.3 is 4.74 Å². The van der Waals surface area contributed by atoms with Gasteiger partial charge in [0.25, 0.3) is 0 Å². The summed E-state index contributed by atoms with van der Waals surface area (Å²) in [7, 11) is 0. The number of rotatable bonds is 2. The molecule has 0 bridgehead atoms. The van der Waals surface area contributed by atoms with Crippen molar-refractivity contribution in [2.45, 2.75) is 0 Å². The first-order valence-corrected chi connectivity index (χ1v) is 5.06. The largest absolute Gasteiger partial charge is 0.456 e. The molecule has 0 amide bonds. The first-order valence-electron chi connectivity index (χ1n) is 4.68. The molecule has 0 aliphatic carbocycles. The Kier molecular flexibility index (Phi) is 3.22. The quantitative estimate of drug-likeness (QED) is 0.764. The van der Waals surface area contributed by atoms with Crippen LogP contribution in [0.5, 0.6) is 11.5 Å². The van der Waals surface area contributed by atoms with Crippen molar-refractivity contribution in [3.8, 4) is 17.6 Å². The molecule has 1 aromatic carbocycles. The second kappa shape index (κ2) is 4.81. The Morgan fingerprint density at radius 1 is 1.24 bits per heavy atom. The molecule has 0 atom stereocenters. The lowest BCUT2D eigenvalue weighted by atomic mass is 10.3. The van der Waals surface area contributed by atoms with E-state index < -0.39 is 0 Å². The van der Waals surface area contributed by atoms with Crippen LogP contribution in [0, 0.1) is 17.1 Å². The van der Waals surface area contributed by atoms with Gasteiger partial charge in [0.1, 0.15) is 28.5 Å². The van der Waals surface area contributed by atoms with Gasteiger partial charge in [0.2, 0.25) is 0 Å². The molecule has 0 fully saturated rings. The van der Waals surface area contributed by atoms with Crippen LogP contribution < -0.4 is 4.74 Å². The molecule has 2 rings (SSSR count). The molecule has 0 aliphatic heterocycles. The van der Waals surface area contributed by atoms with Crippen LogP contribution in [-0.4, -0.2) is 4.98 Å². The summed E-state index contributed by atoms with van der Waals surface area (Å²) >= 11 is 5.68. The molecule has 0 spiro atoms. The summed E-state index contributed by atoms with van der Waals surface area (Å²) in [5, 5.41) is 8.89. The van der Waals surface area contributed by atoms with E-state index in [1.807, 2.05) is 6.07 Å². The zero-order valence-corrected chi connectivity index (χ0v) is 9.28. The average molecular weight is 249 g/mol. The normalized spacial score (nSPS) is 9.71. The number of hydrogen-bond donors (Lipinski definition) is 0. The summed E-state index contributed by atoms with van der Waals surface area (Å²) in [5.41, 5.74) is 0.228. The van der Waals surface area contributed by atoms with E-state index >= 15 is 0 Å². The third kappa shape index (κ3) is 2.71. The number of halogens is 2. The van der Waals surface area contributed by atoms with Gasteiger partial charge in [-0.25, -0.2) is 9.37 Å². The molecule has 0 saturated heterocycles. The van der Waals surface area contributed by atoms with Crippen molar-refractivity contribution in [2.24, 2.45) is 0 Å². The zero-order valence-electron chi connectivity index (χ0n) is 8.52. The highest BCUT2D eigenvalue weighted by Gasteiger charge is 2.04. The third-order valence-electron chi connectivity index (χ3n) is 1.98. The molecule has 1 heterocycles. The van der Waals surface area contributed by atoms with Gasteiger partial charge in [-0.3, -0.25) is 0 Å². The maximum absolute atomic E-state index is 12.7. The fourth-order valence-corrected chi connectivity index (χ4v) is 1.35. The van der Waals surface area contributed by atoms with E-state index in [-0.39, 0.29) is 16.5 Å². The molecule has 1 aromatic heterocycles. The zero-order chi connectivity index (χ0) is 12.3. The van der Waals surface area contributed by atoms with Crippen molar-refractivity contribution >= 4 is 11.6 Å². The summed E-state index contributed by atoms with van der Waals surface area (Å²) in [4.78, 5) is 3.81. The van der Waals surface area contributed by atoms with E-state index in [2.05, 4.69) is 4.98 Å². The summed E-state index contributed by atoms with van der Waals surface area (Å²) in [5.74, 6) is 0.487. The van der Waals surface area contributed by atoms with Crippen molar-refractivity contribution in [3.63, 3.8) is 0 Å². The van der Waals surface area contributed by atoms with Crippen LogP contribution in [0.25, 0.3) is 0 Å². The predicted molar refractivity (Wildman–Crippen MR) is 60.4 cm³/mol. The maximum atomic E-state index is 12.7. The Morgan fingerprint density at radius 3 is 2.59 bits per heavy atom. The molecule has 2 aromatic rings. The number of nitrogens with zero attached hydrogens (tertiary/aromatic N) is 2. The molecule has 17 heavy (non-hydrogen) atoms. The van der Waals surface area contributed by atoms with Crippen molar-refractivity contribution < 1.29 is 9.13 Å². The van der Waals surface area contributed by atoms with Gasteiger partial charge in [0.15, 0.2) is 0 Å². The van der Waals surface area contributed by atoms with Crippen LogP contribution in [0.3, 0.4) is 0 Å². The van der Waals surface area contributed by atoms with Crippen LogP contribution in [0.2, 0.25) is 5.15 Å². The van der Waals surface area contributed by atoms with Crippen LogP contribution in [0.1, 0.15) is 5.56 Å². The second-order valence-electron chi connectivity index (χ2n) is 3.18. The monoisotopic (exact) mass is 248 g/mol. The minimum Gasteiger partial charge on any atom is -0.456 e. The van der Waals surface area contributed by atoms with Crippen molar-refractivity contribution in [1.29, 1.82) is 5.26 Å². The molecule has 3 nitrogen and oxygen atoms in total. The number of benzene rings is 1. The number of nitriles is 1. The Labute approximate surface area is 102 Å². The highest BCUT2D eigenvalue weighted by atomic mass is 35.5. The van der Waals surface area contributed by atoms with E-state index in [4.69, 9.17) is 21.6 Å². The molecular formula is C12H6ClFN2O. The van der Waals surface area contributed by atoms with E-state index in [1.165, 1.54) is 36.5 Å². The lowest BCUT2D eigenvalue weighted by Crippen LogP contribution is -1.88. The van der Waals surface area contributed by atoms with Crippen LogP contribution in [0.4, 0.5) is 4.39 Å². The highest BCUT2D eigenvalue weighted by molar-refractivity contribution is 6.30. The van der Waals surface area contributed by atoms with Crippen molar-refractivity contribution in [1.82, 2.24) is 4.98 Å². The Morgan fingerprint density at radius 2 is 1.94 bits per heavy atom. The van der Waals surface area contributed by atoms with Crippen LogP contribution in [0.15, 0.2) is 36.5 Å². The Bertz CT molecular complexity index is 578. The molecule has 0 N–H and O–H groups in total.